The van der Waals surface area contributed by atoms with Crippen LogP contribution in [-0.4, -0.2) is 0 Å². The molecule has 10 aromatic rings. The van der Waals surface area contributed by atoms with E-state index in [9.17, 15) is 0 Å². The first-order valence-corrected chi connectivity index (χ1v) is 21.2. The van der Waals surface area contributed by atoms with Crippen LogP contribution in [0.2, 0.25) is 0 Å². The summed E-state index contributed by atoms with van der Waals surface area (Å²) < 4.78 is 0. The van der Waals surface area contributed by atoms with Crippen LogP contribution < -0.4 is 9.80 Å². The molecule has 290 valence electrons. The lowest BCUT2D eigenvalue weighted by Crippen LogP contribution is -2.31. The lowest BCUT2D eigenvalue weighted by Gasteiger charge is -2.43. The second-order valence-corrected chi connectivity index (χ2v) is 16.6. The topological polar surface area (TPSA) is 6.48 Å². The molecule has 2 nitrogen and oxygen atoms in total. The zero-order valence-corrected chi connectivity index (χ0v) is 34.3. The van der Waals surface area contributed by atoms with Gasteiger partial charge in [0.1, 0.15) is 0 Å². The Morgan fingerprint density at radius 2 is 0.885 bits per heavy atom. The van der Waals surface area contributed by atoms with E-state index in [0.29, 0.717) is 0 Å². The van der Waals surface area contributed by atoms with Crippen LogP contribution in [0.4, 0.5) is 34.1 Å². The van der Waals surface area contributed by atoms with Gasteiger partial charge in [-0.05, 0) is 122 Å². The van der Waals surface area contributed by atoms with Gasteiger partial charge in [-0.3, -0.25) is 0 Å². The molecule has 0 amide bonds. The normalized spacial score (nSPS) is 12.9. The monoisotopic (exact) mass is 780 g/mol. The molecule has 0 N–H and O–H groups in total. The molecular formula is C59H44N2. The number of benzene rings is 10. The molecule has 0 bridgehead atoms. The van der Waals surface area contributed by atoms with Gasteiger partial charge in [0.25, 0.3) is 0 Å². The number of fused-ring (bicyclic) bond motifs is 4. The van der Waals surface area contributed by atoms with Crippen molar-refractivity contribution in [2.75, 3.05) is 9.80 Å². The molecule has 0 atom stereocenters. The minimum absolute atomic E-state index is 0.254. The van der Waals surface area contributed by atoms with Crippen molar-refractivity contribution in [3.05, 3.63) is 242 Å². The van der Waals surface area contributed by atoms with Crippen molar-refractivity contribution in [1.82, 2.24) is 0 Å². The summed E-state index contributed by atoms with van der Waals surface area (Å²) in [6.45, 7) is 4.76. The van der Waals surface area contributed by atoms with Crippen LogP contribution in [0.5, 0.6) is 0 Å². The second kappa shape index (κ2) is 14.9. The maximum atomic E-state index is 2.54. The fraction of sp³-hybridized carbons (Fsp3) is 0.0508. The summed E-state index contributed by atoms with van der Waals surface area (Å²) in [5.41, 5.74) is 16.5. The minimum atomic E-state index is -0.254. The van der Waals surface area contributed by atoms with Gasteiger partial charge < -0.3 is 9.80 Å². The molecule has 1 aliphatic heterocycles. The summed E-state index contributed by atoms with van der Waals surface area (Å²) in [6, 6.07) is 84.2. The summed E-state index contributed by atoms with van der Waals surface area (Å²) in [5.74, 6) is 0. The maximum absolute atomic E-state index is 2.54. The maximum Gasteiger partial charge on any atom is 0.0618 e. The predicted octanol–water partition coefficient (Wildman–Crippen LogP) is 16.6. The molecule has 1 aliphatic rings. The van der Waals surface area contributed by atoms with E-state index in [4.69, 9.17) is 0 Å². The Bertz CT molecular complexity index is 3200. The number of para-hydroxylation sites is 3. The van der Waals surface area contributed by atoms with Crippen molar-refractivity contribution < 1.29 is 0 Å². The molecule has 0 saturated carbocycles. The van der Waals surface area contributed by atoms with Crippen LogP contribution in [0.25, 0.3) is 54.9 Å². The number of hydrogen-bond donors (Lipinski definition) is 0. The van der Waals surface area contributed by atoms with Gasteiger partial charge in [-0.15, -0.1) is 0 Å². The molecule has 0 aromatic heterocycles. The van der Waals surface area contributed by atoms with Gasteiger partial charge in [-0.25, -0.2) is 0 Å². The van der Waals surface area contributed by atoms with Gasteiger partial charge in [0.15, 0.2) is 0 Å². The summed E-state index contributed by atoms with van der Waals surface area (Å²) in [6.07, 6.45) is 0. The predicted molar refractivity (Wildman–Crippen MR) is 259 cm³/mol. The van der Waals surface area contributed by atoms with E-state index in [1.807, 2.05) is 0 Å². The van der Waals surface area contributed by atoms with Crippen LogP contribution in [0.15, 0.2) is 231 Å². The molecule has 0 spiro atoms. The molecule has 0 unspecified atom stereocenters. The number of hydrogen-bond acceptors (Lipinski definition) is 2. The summed E-state index contributed by atoms with van der Waals surface area (Å²) in [7, 11) is 0. The lowest BCUT2D eigenvalue weighted by molar-refractivity contribution is 0.632. The summed E-state index contributed by atoms with van der Waals surface area (Å²) in [4.78, 5) is 4.86. The van der Waals surface area contributed by atoms with Crippen LogP contribution in [0, 0.1) is 0 Å². The summed E-state index contributed by atoms with van der Waals surface area (Å²) in [5, 5.41) is 4.93. The van der Waals surface area contributed by atoms with Crippen molar-refractivity contribution in [2.24, 2.45) is 0 Å². The Morgan fingerprint density at radius 1 is 0.344 bits per heavy atom. The minimum Gasteiger partial charge on any atom is -0.310 e. The quantitative estimate of drug-likeness (QED) is 0.159. The van der Waals surface area contributed by atoms with Crippen LogP contribution >= 0.6 is 0 Å². The molecular weight excluding hydrogens is 737 g/mol. The third-order valence-corrected chi connectivity index (χ3v) is 12.6. The highest BCUT2D eigenvalue weighted by atomic mass is 15.2. The van der Waals surface area contributed by atoms with Crippen LogP contribution in [0.1, 0.15) is 25.0 Å². The van der Waals surface area contributed by atoms with Gasteiger partial charge in [0.2, 0.25) is 0 Å². The smallest absolute Gasteiger partial charge is 0.0618 e. The molecule has 2 heteroatoms. The number of nitrogens with zero attached hydrogens (tertiary/aromatic N) is 2. The molecule has 0 saturated heterocycles. The van der Waals surface area contributed by atoms with E-state index >= 15 is 0 Å². The van der Waals surface area contributed by atoms with Gasteiger partial charge in [0.05, 0.1) is 17.1 Å². The van der Waals surface area contributed by atoms with Gasteiger partial charge in [-0.2, -0.15) is 0 Å². The van der Waals surface area contributed by atoms with Gasteiger partial charge >= 0.3 is 0 Å². The standard InChI is InChI=1S/C59H44N2/c1-59(2)54-29-13-14-30-56(54)61(58-52-28-12-11-18-42(52)33-35-53(58)48-32-31-41-17-9-10-19-43(41)38-48)57-36-34-47(40-55(57)59)45-21-15-20-44(37-45)46-22-16-27-51(39-46)60(49-23-5-3-6-24-49)50-25-7-4-8-26-50/h3-40H,1-2H3. The first-order valence-electron chi connectivity index (χ1n) is 21.2. The molecule has 0 aliphatic carbocycles. The van der Waals surface area contributed by atoms with Crippen LogP contribution in [0.3, 0.4) is 0 Å². The Labute approximate surface area is 358 Å². The fourth-order valence-corrected chi connectivity index (χ4v) is 9.51. The largest absolute Gasteiger partial charge is 0.310 e. The third-order valence-electron chi connectivity index (χ3n) is 12.6. The Hall–Kier alpha value is -7.68. The highest BCUT2D eigenvalue weighted by Gasteiger charge is 2.38. The SMILES string of the molecule is CC1(C)c2ccccc2N(c2c(-c3ccc4ccccc4c3)ccc3ccccc23)c2ccc(-c3cccc(-c4cccc(N(c5ccccc5)c5ccccc5)c4)c3)cc21. The average molecular weight is 781 g/mol. The Kier molecular flexibility index (Phi) is 8.86. The number of anilines is 6. The van der Waals surface area contributed by atoms with Crippen molar-refractivity contribution in [3.8, 4) is 33.4 Å². The van der Waals surface area contributed by atoms with E-state index in [0.717, 1.165) is 17.1 Å². The summed E-state index contributed by atoms with van der Waals surface area (Å²) >= 11 is 0. The van der Waals surface area contributed by atoms with Crippen molar-refractivity contribution in [3.63, 3.8) is 0 Å². The van der Waals surface area contributed by atoms with E-state index < -0.39 is 0 Å². The van der Waals surface area contributed by atoms with Gasteiger partial charge in [-0.1, -0.05) is 178 Å². The van der Waals surface area contributed by atoms with E-state index in [2.05, 4.69) is 254 Å². The van der Waals surface area contributed by atoms with Crippen molar-refractivity contribution in [1.29, 1.82) is 0 Å². The highest BCUT2D eigenvalue weighted by molar-refractivity contribution is 6.08. The lowest BCUT2D eigenvalue weighted by atomic mass is 9.72. The molecule has 11 rings (SSSR count). The van der Waals surface area contributed by atoms with E-state index in [-0.39, 0.29) is 5.41 Å². The van der Waals surface area contributed by atoms with E-state index in [1.54, 1.807) is 0 Å². The van der Waals surface area contributed by atoms with E-state index in [1.165, 1.54) is 83.1 Å². The average Bonchev–Trinajstić information content (AvgIpc) is 3.32. The first kappa shape index (κ1) is 36.4. The molecule has 61 heavy (non-hydrogen) atoms. The van der Waals surface area contributed by atoms with Gasteiger partial charge in [0, 0.05) is 33.4 Å². The number of rotatable bonds is 7. The van der Waals surface area contributed by atoms with Crippen LogP contribution in [-0.2, 0) is 5.41 Å². The molecule has 0 radical (unpaired) electrons. The Morgan fingerprint density at radius 3 is 1.64 bits per heavy atom. The third kappa shape index (κ3) is 6.36. The van der Waals surface area contributed by atoms with Crippen molar-refractivity contribution >= 4 is 55.7 Å². The second-order valence-electron chi connectivity index (χ2n) is 16.6. The molecule has 10 aromatic carbocycles. The Balaban J connectivity index is 1.05. The van der Waals surface area contributed by atoms with Crippen molar-refractivity contribution in [2.45, 2.75) is 19.3 Å². The fourth-order valence-electron chi connectivity index (χ4n) is 9.51. The molecule has 0 fully saturated rings. The molecule has 1 heterocycles. The highest BCUT2D eigenvalue weighted by Crippen LogP contribution is 2.55. The zero-order chi connectivity index (χ0) is 40.9. The first-order chi connectivity index (χ1) is 30.0. The zero-order valence-electron chi connectivity index (χ0n) is 34.3.